The molecule has 0 fully saturated rings. The highest BCUT2D eigenvalue weighted by Gasteiger charge is 2.42. The topological polar surface area (TPSA) is 264 Å². The summed E-state index contributed by atoms with van der Waals surface area (Å²) in [5.74, 6) is -4.25. The summed E-state index contributed by atoms with van der Waals surface area (Å²) < 4.78 is 0. The van der Waals surface area contributed by atoms with Crippen molar-refractivity contribution in [2.24, 2.45) is 16.2 Å². The van der Waals surface area contributed by atoms with Crippen LogP contribution in [0.25, 0.3) is 26.9 Å². The van der Waals surface area contributed by atoms with Gasteiger partial charge in [0.1, 0.15) is 28.5 Å². The van der Waals surface area contributed by atoms with Crippen LogP contribution in [0.4, 0.5) is 0 Å². The zero-order valence-electron chi connectivity index (χ0n) is 30.2. The van der Waals surface area contributed by atoms with E-state index in [0.29, 0.717) is 49.3 Å². The molecule has 3 aromatic heterocycles. The van der Waals surface area contributed by atoms with Crippen molar-refractivity contribution < 1.29 is 39.4 Å². The Morgan fingerprint density at radius 2 is 1.69 bits per heavy atom. The van der Waals surface area contributed by atoms with Crippen LogP contribution >= 0.6 is 23.1 Å². The number of aliphatic carboxylic acids is 1. The number of benzene rings is 2. The summed E-state index contributed by atoms with van der Waals surface area (Å²) in [5, 5.41) is 63.9. The van der Waals surface area contributed by atoms with E-state index < -0.39 is 53.2 Å². The number of aromatic amines is 1. The molecule has 5 N–H and O–H groups in total. The average molecular weight is 829 g/mol. The molecule has 3 unspecified atom stereocenters. The Balaban J connectivity index is 1.01. The molecule has 0 saturated heterocycles. The maximum atomic E-state index is 13.4. The van der Waals surface area contributed by atoms with E-state index in [1.807, 2.05) is 0 Å². The fourth-order valence-electron chi connectivity index (χ4n) is 6.23. The zero-order chi connectivity index (χ0) is 41.6. The number of aliphatic hydroxyl groups is 1. The summed E-state index contributed by atoms with van der Waals surface area (Å²) in [4.78, 5) is 68.8. The molecule has 0 aliphatic carbocycles. The Morgan fingerprint density at radius 1 is 0.983 bits per heavy atom. The number of carbonyl (C=O) groups is 3. The van der Waals surface area contributed by atoms with Gasteiger partial charge in [0.15, 0.2) is 17.7 Å². The molecule has 0 spiro atoms. The monoisotopic (exact) mass is 828 g/mol. The highest BCUT2D eigenvalue weighted by molar-refractivity contribution is 8.03. The van der Waals surface area contributed by atoms with E-state index in [2.05, 4.69) is 25.6 Å². The van der Waals surface area contributed by atoms with E-state index in [9.17, 15) is 45.0 Å². The number of nitriles is 2. The standard InChI is InChI=1S/C40H28N8O9S2/c41-13-26-33(50)31-28(19-58-37(31)46-35(26)52)23-8-4-21(5-9-23)15-44-56-18-30(49)48(17-25-3-1-2-12-43-25)39(40(54)55)57-45-16-22-6-10-24(11-7-22)29-20-59-38-32(29)34(51)27(14-42)36(53)47-38/h1-12,15-16,19-20,32,38-39,51H,17-18H2,(H,47,53)(H,54,55)(H2,46,50,52)/b44-15+,45-16?. The molecule has 0 bridgehead atoms. The number of pyridine rings is 2. The van der Waals surface area contributed by atoms with Gasteiger partial charge >= 0.3 is 5.97 Å². The minimum atomic E-state index is -1.89. The first-order chi connectivity index (χ1) is 28.6. The van der Waals surface area contributed by atoms with Crippen LogP contribution in [0.2, 0.25) is 0 Å². The maximum Gasteiger partial charge on any atom is 0.369 e. The van der Waals surface area contributed by atoms with Gasteiger partial charge in [-0.1, -0.05) is 64.9 Å². The van der Waals surface area contributed by atoms with Crippen LogP contribution < -0.4 is 10.9 Å². The number of thiophene rings is 1. The third-order valence-corrected chi connectivity index (χ3v) is 11.1. The first-order valence-electron chi connectivity index (χ1n) is 17.3. The second kappa shape index (κ2) is 17.2. The molecule has 2 aliphatic heterocycles. The lowest BCUT2D eigenvalue weighted by molar-refractivity contribution is -0.175. The number of carboxylic acids is 1. The number of aromatic hydroxyl groups is 1. The number of amides is 2. The summed E-state index contributed by atoms with van der Waals surface area (Å²) in [6.45, 7) is -0.934. The van der Waals surface area contributed by atoms with Crippen molar-refractivity contribution in [2.45, 2.75) is 18.1 Å². The summed E-state index contributed by atoms with van der Waals surface area (Å²) in [6.07, 6.45) is 2.20. The van der Waals surface area contributed by atoms with Crippen molar-refractivity contribution in [1.29, 1.82) is 10.5 Å². The van der Waals surface area contributed by atoms with Crippen LogP contribution in [0, 0.1) is 28.6 Å². The predicted octanol–water partition coefficient (Wildman–Crippen LogP) is 4.57. The molecule has 17 nitrogen and oxygen atoms in total. The number of rotatable bonds is 13. The number of H-pyrrole nitrogens is 1. The smallest absolute Gasteiger partial charge is 0.369 e. The molecule has 59 heavy (non-hydrogen) atoms. The Labute approximate surface area is 341 Å². The minimum absolute atomic E-state index is 0.267. The van der Waals surface area contributed by atoms with Gasteiger partial charge in [0.25, 0.3) is 23.6 Å². The second-order valence-electron chi connectivity index (χ2n) is 12.7. The average Bonchev–Trinajstić information content (AvgIpc) is 3.86. The number of carbonyl (C=O) groups excluding carboxylic acids is 2. The van der Waals surface area contributed by atoms with Crippen LogP contribution in [0.5, 0.6) is 5.75 Å². The first kappa shape index (κ1) is 39.5. The highest BCUT2D eigenvalue weighted by atomic mass is 32.2. The van der Waals surface area contributed by atoms with Gasteiger partial charge in [-0.05, 0) is 45.4 Å². The lowest BCUT2D eigenvalue weighted by Crippen LogP contribution is -2.47. The fourth-order valence-corrected chi connectivity index (χ4v) is 8.38. The van der Waals surface area contributed by atoms with Gasteiger partial charge < -0.3 is 35.3 Å². The number of hydrogen-bond acceptors (Lipinski definition) is 15. The van der Waals surface area contributed by atoms with Gasteiger partial charge in [-0.2, -0.15) is 10.5 Å². The zero-order valence-corrected chi connectivity index (χ0v) is 31.8. The largest absolute Gasteiger partial charge is 0.510 e. The van der Waals surface area contributed by atoms with E-state index in [4.69, 9.17) is 9.68 Å². The number of nitrogens with one attached hydrogen (secondary N) is 2. The quantitative estimate of drug-likeness (QED) is 0.0620. The van der Waals surface area contributed by atoms with Crippen molar-refractivity contribution >= 4 is 69.1 Å². The summed E-state index contributed by atoms with van der Waals surface area (Å²) in [6, 6.07) is 22.1. The Morgan fingerprint density at radius 3 is 2.36 bits per heavy atom. The number of thioether (sulfide) groups is 1. The number of oxime groups is 2. The molecule has 2 aromatic carbocycles. The Bertz CT molecular complexity index is 2730. The third-order valence-electron chi connectivity index (χ3n) is 9.14. The van der Waals surface area contributed by atoms with Gasteiger partial charge in [0.05, 0.1) is 41.3 Å². The molecule has 5 heterocycles. The van der Waals surface area contributed by atoms with Crippen molar-refractivity contribution in [3.05, 3.63) is 133 Å². The molecular formula is C40H28N8O9S2. The molecule has 7 rings (SSSR count). The molecule has 19 heteroatoms. The SMILES string of the molecule is N#CC1=C(O)C2C(c3ccc(C=NOC(C(=O)O)N(Cc4ccccn4)C(=O)CO/N=C/c4ccc(-c5csc6[nH]c(=O)c(C#N)c(O)c56)cc4)cc3)=CSC2NC1=O. The Kier molecular flexibility index (Phi) is 11.5. The normalized spacial score (nSPS) is 16.6. The molecule has 2 amide bonds. The number of aromatic nitrogens is 2. The van der Waals surface area contributed by atoms with Crippen LogP contribution in [-0.2, 0) is 30.6 Å². The van der Waals surface area contributed by atoms with Gasteiger partial charge in [-0.15, -0.1) is 23.1 Å². The van der Waals surface area contributed by atoms with Crippen molar-refractivity contribution in [3.63, 3.8) is 0 Å². The van der Waals surface area contributed by atoms with Crippen LogP contribution in [-0.4, -0.2) is 78.6 Å². The third kappa shape index (κ3) is 8.23. The van der Waals surface area contributed by atoms with Crippen molar-refractivity contribution in [3.8, 4) is 29.0 Å². The van der Waals surface area contributed by atoms with E-state index >= 15 is 0 Å². The van der Waals surface area contributed by atoms with Crippen LogP contribution in [0.15, 0.2) is 110 Å². The summed E-state index contributed by atoms with van der Waals surface area (Å²) in [7, 11) is 0. The van der Waals surface area contributed by atoms with E-state index in [1.165, 1.54) is 41.7 Å². The molecule has 5 aromatic rings. The molecule has 0 radical (unpaired) electrons. The van der Waals surface area contributed by atoms with Gasteiger partial charge in [0.2, 0.25) is 0 Å². The number of aliphatic hydroxyl groups excluding tert-OH is 1. The summed E-state index contributed by atoms with van der Waals surface area (Å²) in [5.41, 5.74) is 2.76. The van der Waals surface area contributed by atoms with E-state index in [0.717, 1.165) is 4.90 Å². The van der Waals surface area contributed by atoms with Gasteiger partial charge in [-0.3, -0.25) is 24.3 Å². The predicted molar refractivity (Wildman–Crippen MR) is 215 cm³/mol. The molecule has 2 aliphatic rings. The molecule has 3 atom stereocenters. The Hall–Kier alpha value is -7.74. The fraction of sp³-hybridized carbons (Fsp3) is 0.125. The van der Waals surface area contributed by atoms with Crippen molar-refractivity contribution in [2.75, 3.05) is 6.61 Å². The number of nitrogens with zero attached hydrogens (tertiary/aromatic N) is 6. The lowest BCUT2D eigenvalue weighted by atomic mass is 9.87. The number of hydrogen-bond donors (Lipinski definition) is 5. The molecule has 0 saturated carbocycles. The van der Waals surface area contributed by atoms with Crippen molar-refractivity contribution in [1.82, 2.24) is 20.2 Å². The van der Waals surface area contributed by atoms with Crippen LogP contribution in [0.1, 0.15) is 27.9 Å². The van der Waals surface area contributed by atoms with E-state index in [-0.39, 0.29) is 23.4 Å². The van der Waals surface area contributed by atoms with E-state index in [1.54, 1.807) is 89.7 Å². The summed E-state index contributed by atoms with van der Waals surface area (Å²) >= 11 is 2.52. The highest BCUT2D eigenvalue weighted by Crippen LogP contribution is 2.46. The first-order valence-corrected chi connectivity index (χ1v) is 19.1. The lowest BCUT2D eigenvalue weighted by Gasteiger charge is -2.27. The second-order valence-corrected chi connectivity index (χ2v) is 14.6. The molecule has 294 valence electrons. The van der Waals surface area contributed by atoms with Gasteiger partial charge in [-0.25, -0.2) is 4.79 Å². The van der Waals surface area contributed by atoms with Gasteiger partial charge in [0, 0.05) is 17.1 Å². The maximum absolute atomic E-state index is 13.4. The minimum Gasteiger partial charge on any atom is -0.510 e. The number of carboxylic acid groups (broad SMARTS) is 1. The molecular weight excluding hydrogens is 801 g/mol. The number of fused-ring (bicyclic) bond motifs is 2. The van der Waals surface area contributed by atoms with Crippen LogP contribution in [0.3, 0.4) is 0 Å².